The fraction of sp³-hybridized carbons (Fsp3) is 0.143. The summed E-state index contributed by atoms with van der Waals surface area (Å²) in [6, 6.07) is 16.2. The zero-order chi connectivity index (χ0) is 11.4. The minimum absolute atomic E-state index is 0.645. The molecule has 0 radical (unpaired) electrons. The van der Waals surface area contributed by atoms with Crippen LogP contribution >= 0.6 is 0 Å². The van der Waals surface area contributed by atoms with Crippen molar-refractivity contribution in [3.63, 3.8) is 0 Å². The van der Waals surface area contributed by atoms with Crippen LogP contribution in [0, 0.1) is 0 Å². The number of halogens is 1. The average Bonchev–Trinajstić information content (AvgIpc) is 2.39. The third-order valence-electron chi connectivity index (χ3n) is 2.50. The summed E-state index contributed by atoms with van der Waals surface area (Å²) in [5.74, 6) is 0.740. The Labute approximate surface area is 94.5 Å². The molecule has 0 N–H and O–H groups in total. The molecule has 0 bridgehead atoms. The molecule has 0 aromatic heterocycles. The number of hydrogen-bond acceptors (Lipinski definition) is 1. The van der Waals surface area contributed by atoms with E-state index in [2.05, 4.69) is 0 Å². The largest absolute Gasteiger partial charge is 0.497 e. The highest BCUT2D eigenvalue weighted by Crippen LogP contribution is 2.26. The monoisotopic (exact) mass is 216 g/mol. The molecule has 2 aromatic carbocycles. The van der Waals surface area contributed by atoms with Gasteiger partial charge in [-0.25, -0.2) is 4.39 Å². The summed E-state index contributed by atoms with van der Waals surface area (Å²) < 4.78 is 19.1. The summed E-state index contributed by atoms with van der Waals surface area (Å²) in [4.78, 5) is 0. The van der Waals surface area contributed by atoms with Gasteiger partial charge in [0.2, 0.25) is 0 Å². The molecule has 0 spiro atoms. The predicted octanol–water partition coefficient (Wildman–Crippen LogP) is 3.75. The number of ether oxygens (including phenoxy) is 1. The van der Waals surface area contributed by atoms with E-state index in [0.29, 0.717) is 11.1 Å². The van der Waals surface area contributed by atoms with Crippen molar-refractivity contribution in [1.29, 1.82) is 0 Å². The zero-order valence-electron chi connectivity index (χ0n) is 9.06. The average molecular weight is 216 g/mol. The number of rotatable bonds is 3. The molecule has 0 saturated carbocycles. The van der Waals surface area contributed by atoms with Crippen LogP contribution in [0.2, 0.25) is 0 Å². The van der Waals surface area contributed by atoms with Gasteiger partial charge in [0, 0.05) is 0 Å². The van der Waals surface area contributed by atoms with Crippen LogP contribution in [0.5, 0.6) is 5.75 Å². The minimum atomic E-state index is -1.08. The van der Waals surface area contributed by atoms with Crippen molar-refractivity contribution in [1.82, 2.24) is 0 Å². The van der Waals surface area contributed by atoms with E-state index in [-0.39, 0.29) is 0 Å². The molecular weight excluding hydrogens is 203 g/mol. The van der Waals surface area contributed by atoms with Crippen LogP contribution in [-0.4, -0.2) is 7.11 Å². The smallest absolute Gasteiger partial charge is 0.150 e. The van der Waals surface area contributed by atoms with Gasteiger partial charge in [0.25, 0.3) is 0 Å². The highest BCUT2D eigenvalue weighted by atomic mass is 19.1. The van der Waals surface area contributed by atoms with E-state index in [1.807, 2.05) is 18.2 Å². The first-order valence-corrected chi connectivity index (χ1v) is 5.14. The van der Waals surface area contributed by atoms with Crippen molar-refractivity contribution >= 4 is 0 Å². The Hall–Kier alpha value is -1.83. The molecule has 1 atom stereocenters. The molecule has 2 heteroatoms. The fourth-order valence-corrected chi connectivity index (χ4v) is 1.59. The van der Waals surface area contributed by atoms with Crippen molar-refractivity contribution in [3.05, 3.63) is 65.7 Å². The molecular formula is C14H13FO. The zero-order valence-corrected chi connectivity index (χ0v) is 9.06. The highest BCUT2D eigenvalue weighted by Gasteiger charge is 2.11. The van der Waals surface area contributed by atoms with Gasteiger partial charge in [-0.15, -0.1) is 0 Å². The lowest BCUT2D eigenvalue weighted by atomic mass is 10.0. The van der Waals surface area contributed by atoms with Gasteiger partial charge in [0.05, 0.1) is 7.11 Å². The Balaban J connectivity index is 2.24. The van der Waals surface area contributed by atoms with E-state index >= 15 is 0 Å². The van der Waals surface area contributed by atoms with Crippen molar-refractivity contribution in [2.75, 3.05) is 7.11 Å². The first-order chi connectivity index (χ1) is 7.81. The fourth-order valence-electron chi connectivity index (χ4n) is 1.59. The van der Waals surface area contributed by atoms with Gasteiger partial charge < -0.3 is 4.74 Å². The Kier molecular flexibility index (Phi) is 3.20. The Morgan fingerprint density at radius 3 is 2.00 bits per heavy atom. The number of methoxy groups -OCH3 is 1. The third kappa shape index (κ3) is 2.22. The van der Waals surface area contributed by atoms with E-state index in [1.54, 1.807) is 43.5 Å². The molecule has 2 rings (SSSR count). The maximum atomic E-state index is 14.1. The molecule has 0 saturated heterocycles. The van der Waals surface area contributed by atoms with Crippen molar-refractivity contribution in [3.8, 4) is 5.75 Å². The molecule has 82 valence electrons. The minimum Gasteiger partial charge on any atom is -0.497 e. The van der Waals surface area contributed by atoms with E-state index in [1.165, 1.54) is 0 Å². The van der Waals surface area contributed by atoms with Crippen LogP contribution in [0.3, 0.4) is 0 Å². The van der Waals surface area contributed by atoms with Crippen LogP contribution < -0.4 is 4.74 Å². The maximum Gasteiger partial charge on any atom is 0.150 e. The molecule has 0 fully saturated rings. The van der Waals surface area contributed by atoms with Gasteiger partial charge in [0.15, 0.2) is 6.17 Å². The molecule has 0 heterocycles. The summed E-state index contributed by atoms with van der Waals surface area (Å²) in [5.41, 5.74) is 1.32. The van der Waals surface area contributed by atoms with E-state index in [0.717, 1.165) is 5.75 Å². The predicted molar refractivity (Wildman–Crippen MR) is 62.4 cm³/mol. The van der Waals surface area contributed by atoms with Gasteiger partial charge in [-0.3, -0.25) is 0 Å². The molecule has 16 heavy (non-hydrogen) atoms. The van der Waals surface area contributed by atoms with Crippen molar-refractivity contribution in [2.45, 2.75) is 6.17 Å². The lowest BCUT2D eigenvalue weighted by Crippen LogP contribution is -1.94. The van der Waals surface area contributed by atoms with E-state index < -0.39 is 6.17 Å². The van der Waals surface area contributed by atoms with Crippen molar-refractivity contribution in [2.24, 2.45) is 0 Å². The Morgan fingerprint density at radius 1 is 0.875 bits per heavy atom. The molecule has 0 aliphatic rings. The van der Waals surface area contributed by atoms with Gasteiger partial charge in [0.1, 0.15) is 5.75 Å². The summed E-state index contributed by atoms with van der Waals surface area (Å²) in [6.45, 7) is 0. The highest BCUT2D eigenvalue weighted by molar-refractivity contribution is 5.33. The second-order valence-corrected chi connectivity index (χ2v) is 3.55. The lowest BCUT2D eigenvalue weighted by Gasteiger charge is -2.09. The summed E-state index contributed by atoms with van der Waals surface area (Å²) in [6.07, 6.45) is -1.08. The number of hydrogen-bond donors (Lipinski definition) is 0. The molecule has 2 aromatic rings. The molecule has 0 amide bonds. The van der Waals surface area contributed by atoms with Crippen LogP contribution in [0.4, 0.5) is 4.39 Å². The van der Waals surface area contributed by atoms with E-state index in [4.69, 9.17) is 4.74 Å². The molecule has 1 unspecified atom stereocenters. The van der Waals surface area contributed by atoms with Crippen LogP contribution in [-0.2, 0) is 0 Å². The standard InChI is InChI=1S/C14H13FO/c1-16-13-9-7-12(8-10-13)14(15)11-5-3-2-4-6-11/h2-10,14H,1H3. The quantitative estimate of drug-likeness (QED) is 0.759. The number of benzene rings is 2. The van der Waals surface area contributed by atoms with Crippen LogP contribution in [0.1, 0.15) is 17.3 Å². The van der Waals surface area contributed by atoms with Gasteiger partial charge in [-0.2, -0.15) is 0 Å². The molecule has 0 aliphatic heterocycles. The van der Waals surface area contributed by atoms with Gasteiger partial charge in [-0.05, 0) is 23.3 Å². The lowest BCUT2D eigenvalue weighted by molar-refractivity contribution is 0.398. The van der Waals surface area contributed by atoms with Gasteiger partial charge in [-0.1, -0.05) is 42.5 Å². The maximum absolute atomic E-state index is 14.1. The summed E-state index contributed by atoms with van der Waals surface area (Å²) in [7, 11) is 1.60. The molecule has 0 aliphatic carbocycles. The summed E-state index contributed by atoms with van der Waals surface area (Å²) in [5, 5.41) is 0. The second-order valence-electron chi connectivity index (χ2n) is 3.55. The molecule has 1 nitrogen and oxygen atoms in total. The Bertz CT molecular complexity index is 436. The number of alkyl halides is 1. The summed E-state index contributed by atoms with van der Waals surface area (Å²) >= 11 is 0. The van der Waals surface area contributed by atoms with Crippen LogP contribution in [0.15, 0.2) is 54.6 Å². The van der Waals surface area contributed by atoms with E-state index in [9.17, 15) is 4.39 Å². The van der Waals surface area contributed by atoms with Crippen molar-refractivity contribution < 1.29 is 9.13 Å². The van der Waals surface area contributed by atoms with Crippen LogP contribution in [0.25, 0.3) is 0 Å². The normalized spacial score (nSPS) is 12.1. The Morgan fingerprint density at radius 2 is 1.44 bits per heavy atom. The first kappa shape index (κ1) is 10.7. The topological polar surface area (TPSA) is 9.23 Å². The first-order valence-electron chi connectivity index (χ1n) is 5.14. The third-order valence-corrected chi connectivity index (χ3v) is 2.50. The SMILES string of the molecule is COc1ccc(C(F)c2ccccc2)cc1. The second kappa shape index (κ2) is 4.79. The van der Waals surface area contributed by atoms with Gasteiger partial charge >= 0.3 is 0 Å².